The molecule has 1 N–H and O–H groups in total. The van der Waals surface area contributed by atoms with Crippen molar-refractivity contribution in [3.05, 3.63) is 72.1 Å². The average Bonchev–Trinajstić information content (AvgIpc) is 2.61. The van der Waals surface area contributed by atoms with Gasteiger partial charge >= 0.3 is 5.97 Å². The molecule has 0 aliphatic carbocycles. The quantitative estimate of drug-likeness (QED) is 0.832. The number of aromatic nitrogens is 1. The number of hydrogen-bond donors (Lipinski definition) is 1. The van der Waals surface area contributed by atoms with E-state index in [0.717, 1.165) is 5.56 Å². The van der Waals surface area contributed by atoms with Crippen LogP contribution in [0.2, 0.25) is 0 Å². The molecule has 1 heterocycles. The highest BCUT2D eigenvalue weighted by Gasteiger charge is 2.20. The summed E-state index contributed by atoms with van der Waals surface area (Å²) in [4.78, 5) is 27.8. The number of pyridine rings is 1. The molecule has 1 aromatic heterocycles. The van der Waals surface area contributed by atoms with Crippen LogP contribution >= 0.6 is 0 Å². The van der Waals surface area contributed by atoms with Crippen molar-refractivity contribution >= 4 is 18.0 Å². The molecule has 118 valence electrons. The lowest BCUT2D eigenvalue weighted by Crippen LogP contribution is -2.41. The molecule has 0 saturated heterocycles. The van der Waals surface area contributed by atoms with Gasteiger partial charge in [0.1, 0.15) is 6.04 Å². The molecule has 1 atom stereocenters. The summed E-state index contributed by atoms with van der Waals surface area (Å²) in [7, 11) is 1.30. The van der Waals surface area contributed by atoms with E-state index in [1.54, 1.807) is 18.3 Å². The van der Waals surface area contributed by atoms with Crippen LogP contribution in [0, 0.1) is 0 Å². The van der Waals surface area contributed by atoms with Crippen LogP contribution < -0.4 is 5.32 Å². The number of hydrogen-bond acceptors (Lipinski definition) is 4. The van der Waals surface area contributed by atoms with E-state index >= 15 is 0 Å². The maximum Gasteiger partial charge on any atom is 0.328 e. The van der Waals surface area contributed by atoms with E-state index in [-0.39, 0.29) is 5.91 Å². The smallest absolute Gasteiger partial charge is 0.328 e. The molecule has 23 heavy (non-hydrogen) atoms. The van der Waals surface area contributed by atoms with Gasteiger partial charge in [0.2, 0.25) is 0 Å². The monoisotopic (exact) mass is 310 g/mol. The number of nitrogens with zero attached hydrogens (tertiary/aromatic N) is 1. The minimum absolute atomic E-state index is 0.341. The Hall–Kier alpha value is -2.95. The summed E-state index contributed by atoms with van der Waals surface area (Å²) in [5.41, 5.74) is 1.42. The van der Waals surface area contributed by atoms with E-state index in [2.05, 4.69) is 10.3 Å². The molecule has 0 radical (unpaired) electrons. The first kappa shape index (κ1) is 16.4. The molecule has 1 amide bonds. The van der Waals surface area contributed by atoms with Gasteiger partial charge in [-0.1, -0.05) is 42.5 Å². The first-order valence-corrected chi connectivity index (χ1v) is 7.21. The molecule has 0 unspecified atom stereocenters. The van der Waals surface area contributed by atoms with Gasteiger partial charge in [-0.25, -0.2) is 4.79 Å². The number of carbonyl (C=O) groups excluding carboxylic acids is 2. The van der Waals surface area contributed by atoms with E-state index in [1.165, 1.54) is 13.3 Å². The van der Waals surface area contributed by atoms with Crippen molar-refractivity contribution in [1.29, 1.82) is 0 Å². The Morgan fingerprint density at radius 2 is 2.00 bits per heavy atom. The Balaban J connectivity index is 2.01. The van der Waals surface area contributed by atoms with Crippen LogP contribution in [0.1, 0.15) is 22.3 Å². The van der Waals surface area contributed by atoms with E-state index in [9.17, 15) is 9.59 Å². The average molecular weight is 310 g/mol. The summed E-state index contributed by atoms with van der Waals surface area (Å²) < 4.78 is 4.75. The van der Waals surface area contributed by atoms with Gasteiger partial charge in [0.25, 0.3) is 5.91 Å². The molecule has 0 aliphatic rings. The van der Waals surface area contributed by atoms with Crippen molar-refractivity contribution in [2.45, 2.75) is 12.5 Å². The summed E-state index contributed by atoms with van der Waals surface area (Å²) in [6, 6.07) is 12.3. The first-order valence-electron chi connectivity index (χ1n) is 7.21. The SMILES string of the molecule is COC(=O)[C@H](C/C=C/c1ccccc1)NC(=O)c1cccnc1. The maximum absolute atomic E-state index is 12.1. The van der Waals surface area contributed by atoms with Crippen molar-refractivity contribution in [2.24, 2.45) is 0 Å². The second kappa shape index (κ2) is 8.48. The third kappa shape index (κ3) is 5.07. The number of rotatable bonds is 6. The zero-order valence-electron chi connectivity index (χ0n) is 12.8. The molecule has 5 nitrogen and oxygen atoms in total. The lowest BCUT2D eigenvalue weighted by molar-refractivity contribution is -0.142. The molecule has 0 bridgehead atoms. The van der Waals surface area contributed by atoms with E-state index in [0.29, 0.717) is 12.0 Å². The van der Waals surface area contributed by atoms with Gasteiger partial charge < -0.3 is 10.1 Å². The molecule has 2 aromatic rings. The molecular weight excluding hydrogens is 292 g/mol. The van der Waals surface area contributed by atoms with Gasteiger partial charge in [0.05, 0.1) is 12.7 Å². The van der Waals surface area contributed by atoms with Crippen LogP contribution in [0.5, 0.6) is 0 Å². The van der Waals surface area contributed by atoms with Crippen molar-refractivity contribution in [1.82, 2.24) is 10.3 Å². The highest BCUT2D eigenvalue weighted by Crippen LogP contribution is 2.05. The number of nitrogens with one attached hydrogen (secondary N) is 1. The van der Waals surface area contributed by atoms with Crippen molar-refractivity contribution in [3.8, 4) is 0 Å². The second-order valence-corrected chi connectivity index (χ2v) is 4.84. The molecule has 0 fully saturated rings. The molecule has 5 heteroatoms. The largest absolute Gasteiger partial charge is 0.467 e. The van der Waals surface area contributed by atoms with Crippen LogP contribution in [0.3, 0.4) is 0 Å². The Labute approximate surface area is 135 Å². The Morgan fingerprint density at radius 1 is 1.22 bits per heavy atom. The van der Waals surface area contributed by atoms with Gasteiger partial charge in [-0.3, -0.25) is 9.78 Å². The minimum atomic E-state index is -0.743. The van der Waals surface area contributed by atoms with E-state index < -0.39 is 12.0 Å². The zero-order chi connectivity index (χ0) is 16.5. The summed E-state index contributed by atoms with van der Waals surface area (Å²) >= 11 is 0. The number of esters is 1. The van der Waals surface area contributed by atoms with Gasteiger partial charge in [-0.15, -0.1) is 0 Å². The fourth-order valence-corrected chi connectivity index (χ4v) is 2.00. The molecule has 0 spiro atoms. The van der Waals surface area contributed by atoms with Crippen LogP contribution in [0.4, 0.5) is 0 Å². The predicted octanol–water partition coefficient (Wildman–Crippen LogP) is 2.46. The summed E-state index contributed by atoms with van der Waals surface area (Å²) in [5, 5.41) is 2.67. The molecule has 0 aliphatic heterocycles. The van der Waals surface area contributed by atoms with Crippen LogP contribution in [-0.2, 0) is 9.53 Å². The normalized spacial score (nSPS) is 11.9. The molecule has 1 aromatic carbocycles. The number of ether oxygens (including phenoxy) is 1. The number of methoxy groups -OCH3 is 1. The van der Waals surface area contributed by atoms with Gasteiger partial charge in [0.15, 0.2) is 0 Å². The third-order valence-electron chi connectivity index (χ3n) is 3.20. The molecule has 0 saturated carbocycles. The fourth-order valence-electron chi connectivity index (χ4n) is 2.00. The molecule has 2 rings (SSSR count). The Bertz CT molecular complexity index is 669. The second-order valence-electron chi connectivity index (χ2n) is 4.84. The lowest BCUT2D eigenvalue weighted by atomic mass is 10.1. The minimum Gasteiger partial charge on any atom is -0.467 e. The topological polar surface area (TPSA) is 68.3 Å². The number of carbonyl (C=O) groups is 2. The van der Waals surface area contributed by atoms with Gasteiger partial charge in [-0.2, -0.15) is 0 Å². The summed E-state index contributed by atoms with van der Waals surface area (Å²) in [6.07, 6.45) is 7.10. The first-order chi connectivity index (χ1) is 11.2. The fraction of sp³-hybridized carbons (Fsp3) is 0.167. The predicted molar refractivity (Wildman–Crippen MR) is 87.6 cm³/mol. The van der Waals surface area contributed by atoms with E-state index in [4.69, 9.17) is 4.74 Å². The zero-order valence-corrected chi connectivity index (χ0v) is 12.8. The van der Waals surface area contributed by atoms with Crippen LogP contribution in [0.15, 0.2) is 60.9 Å². The van der Waals surface area contributed by atoms with Crippen molar-refractivity contribution < 1.29 is 14.3 Å². The highest BCUT2D eigenvalue weighted by atomic mass is 16.5. The van der Waals surface area contributed by atoms with Gasteiger partial charge in [-0.05, 0) is 24.1 Å². The van der Waals surface area contributed by atoms with Crippen LogP contribution in [-0.4, -0.2) is 30.0 Å². The maximum atomic E-state index is 12.1. The Kier molecular flexibility index (Phi) is 6.06. The highest BCUT2D eigenvalue weighted by molar-refractivity contribution is 5.96. The standard InChI is InChI=1S/C18H18N2O3/c1-23-18(22)16(11-5-9-14-7-3-2-4-8-14)20-17(21)15-10-6-12-19-13-15/h2-10,12-13,16H,11H2,1H3,(H,20,21)/b9-5+/t16-/m0/s1. The van der Waals surface area contributed by atoms with Crippen LogP contribution in [0.25, 0.3) is 6.08 Å². The molecular formula is C18H18N2O3. The Morgan fingerprint density at radius 3 is 2.65 bits per heavy atom. The van der Waals surface area contributed by atoms with Gasteiger partial charge in [0, 0.05) is 12.4 Å². The summed E-state index contributed by atoms with van der Waals surface area (Å²) in [5.74, 6) is -0.846. The number of amides is 1. The number of benzene rings is 1. The van der Waals surface area contributed by atoms with E-state index in [1.807, 2.05) is 42.5 Å². The van der Waals surface area contributed by atoms with Crippen molar-refractivity contribution in [3.63, 3.8) is 0 Å². The lowest BCUT2D eigenvalue weighted by Gasteiger charge is -2.14. The third-order valence-corrected chi connectivity index (χ3v) is 3.20. The van der Waals surface area contributed by atoms with Crippen molar-refractivity contribution in [2.75, 3.05) is 7.11 Å². The summed E-state index contributed by atoms with van der Waals surface area (Å²) in [6.45, 7) is 0.